The van der Waals surface area contributed by atoms with Gasteiger partial charge in [0.1, 0.15) is 22.9 Å². The third-order valence-corrected chi connectivity index (χ3v) is 6.99. The second-order valence-electron chi connectivity index (χ2n) is 9.84. The van der Waals surface area contributed by atoms with Gasteiger partial charge in [-0.2, -0.15) is 0 Å². The molecule has 1 fully saturated rings. The lowest BCUT2D eigenvalue weighted by molar-refractivity contribution is -0.114. The van der Waals surface area contributed by atoms with Gasteiger partial charge in [0.25, 0.3) is 5.56 Å². The fourth-order valence-electron chi connectivity index (χ4n) is 4.95. The van der Waals surface area contributed by atoms with Crippen LogP contribution in [0.25, 0.3) is 33.3 Å². The third kappa shape index (κ3) is 4.89. The number of carbonyl (C=O) groups is 1. The SMILES string of the molecule is CC(=O)Nc1cccc(Oc2ccc3[nH]c(=O)c(-c4nc5ccc(N6CCN(C)CC6)cc5[nH]4)c(N)c3c2)c1. The lowest BCUT2D eigenvalue weighted by Gasteiger charge is -2.34. The maximum Gasteiger partial charge on any atom is 0.261 e. The molecule has 1 aliphatic heterocycles. The molecule has 0 atom stereocenters. The molecule has 0 unspecified atom stereocenters. The molecule has 1 saturated heterocycles. The van der Waals surface area contributed by atoms with E-state index in [0.29, 0.717) is 39.6 Å². The fourth-order valence-corrected chi connectivity index (χ4v) is 4.95. The predicted octanol–water partition coefficient (Wildman–Crippen LogP) is 4.16. The number of nitrogens with two attached hydrogens (primary N) is 1. The largest absolute Gasteiger partial charge is 0.457 e. The minimum Gasteiger partial charge on any atom is -0.457 e. The van der Waals surface area contributed by atoms with Crippen LogP contribution in [0.5, 0.6) is 11.5 Å². The third-order valence-electron chi connectivity index (χ3n) is 6.99. The number of imidazole rings is 1. The van der Waals surface area contributed by atoms with E-state index in [9.17, 15) is 9.59 Å². The van der Waals surface area contributed by atoms with Crippen LogP contribution in [-0.4, -0.2) is 59.0 Å². The van der Waals surface area contributed by atoms with E-state index in [1.54, 1.807) is 42.5 Å². The molecular formula is C29H29N7O3. The first kappa shape index (κ1) is 24.5. The lowest BCUT2D eigenvalue weighted by atomic mass is 10.1. The van der Waals surface area contributed by atoms with Crippen molar-refractivity contribution >= 4 is 44.9 Å². The van der Waals surface area contributed by atoms with E-state index in [-0.39, 0.29) is 17.0 Å². The number of aromatic nitrogens is 3. The highest BCUT2D eigenvalue weighted by Crippen LogP contribution is 2.33. The van der Waals surface area contributed by atoms with Crippen molar-refractivity contribution in [3.8, 4) is 22.9 Å². The summed E-state index contributed by atoms with van der Waals surface area (Å²) in [6.07, 6.45) is 0. The van der Waals surface area contributed by atoms with Crippen molar-refractivity contribution in [3.63, 3.8) is 0 Å². The van der Waals surface area contributed by atoms with E-state index in [0.717, 1.165) is 42.9 Å². The second-order valence-corrected chi connectivity index (χ2v) is 9.84. The Labute approximate surface area is 224 Å². The second kappa shape index (κ2) is 9.80. The molecule has 0 spiro atoms. The molecule has 5 N–H and O–H groups in total. The number of hydrogen-bond acceptors (Lipinski definition) is 7. The van der Waals surface area contributed by atoms with Crippen LogP contribution >= 0.6 is 0 Å². The van der Waals surface area contributed by atoms with Gasteiger partial charge in [-0.25, -0.2) is 4.98 Å². The number of nitrogen functional groups attached to an aromatic ring is 1. The first-order valence-electron chi connectivity index (χ1n) is 12.8. The summed E-state index contributed by atoms with van der Waals surface area (Å²) >= 11 is 0. The molecule has 3 heterocycles. The number of ether oxygens (including phenoxy) is 1. The Morgan fingerprint density at radius 1 is 0.974 bits per heavy atom. The van der Waals surface area contributed by atoms with E-state index >= 15 is 0 Å². The highest BCUT2D eigenvalue weighted by molar-refractivity contribution is 5.98. The zero-order valence-electron chi connectivity index (χ0n) is 21.7. The molecule has 198 valence electrons. The summed E-state index contributed by atoms with van der Waals surface area (Å²) in [5.41, 5.74) is 10.8. The quantitative estimate of drug-likeness (QED) is 0.272. The number of piperazine rings is 1. The normalized spacial score (nSPS) is 14.2. The van der Waals surface area contributed by atoms with E-state index in [1.807, 2.05) is 6.07 Å². The average Bonchev–Trinajstić information content (AvgIpc) is 3.32. The minimum absolute atomic E-state index is 0.164. The van der Waals surface area contributed by atoms with Gasteiger partial charge in [0.15, 0.2) is 0 Å². The van der Waals surface area contributed by atoms with Crippen molar-refractivity contribution in [2.24, 2.45) is 0 Å². The van der Waals surface area contributed by atoms with Crippen molar-refractivity contribution in [2.75, 3.05) is 49.2 Å². The number of rotatable bonds is 5. The minimum atomic E-state index is -0.324. The molecule has 39 heavy (non-hydrogen) atoms. The Balaban J connectivity index is 1.34. The number of amides is 1. The summed E-state index contributed by atoms with van der Waals surface area (Å²) in [5, 5.41) is 3.38. The molecule has 2 aromatic heterocycles. The zero-order valence-corrected chi connectivity index (χ0v) is 21.7. The molecule has 0 aliphatic carbocycles. The smallest absolute Gasteiger partial charge is 0.261 e. The maximum atomic E-state index is 13.1. The highest BCUT2D eigenvalue weighted by Gasteiger charge is 2.19. The summed E-state index contributed by atoms with van der Waals surface area (Å²) in [7, 11) is 2.13. The Morgan fingerprint density at radius 2 is 1.77 bits per heavy atom. The van der Waals surface area contributed by atoms with Crippen molar-refractivity contribution in [1.82, 2.24) is 19.9 Å². The summed E-state index contributed by atoms with van der Waals surface area (Å²) < 4.78 is 6.04. The number of fused-ring (bicyclic) bond motifs is 2. The monoisotopic (exact) mass is 523 g/mol. The number of hydrogen-bond donors (Lipinski definition) is 4. The lowest BCUT2D eigenvalue weighted by Crippen LogP contribution is -2.44. The summed E-state index contributed by atoms with van der Waals surface area (Å²) in [6, 6.07) is 18.5. The van der Waals surface area contributed by atoms with Crippen molar-refractivity contribution in [3.05, 3.63) is 71.0 Å². The Bertz CT molecular complexity index is 1770. The number of nitrogens with one attached hydrogen (secondary N) is 3. The zero-order chi connectivity index (χ0) is 27.1. The molecular weight excluding hydrogens is 494 g/mol. The summed E-state index contributed by atoms with van der Waals surface area (Å²) in [4.78, 5) is 40.1. The van der Waals surface area contributed by atoms with E-state index in [2.05, 4.69) is 49.2 Å². The van der Waals surface area contributed by atoms with Crippen LogP contribution in [0.15, 0.2) is 65.5 Å². The number of H-pyrrole nitrogens is 2. The fraction of sp³-hybridized carbons (Fsp3) is 0.207. The Kier molecular flexibility index (Phi) is 6.16. The molecule has 10 nitrogen and oxygen atoms in total. The van der Waals surface area contributed by atoms with Crippen LogP contribution in [0.3, 0.4) is 0 Å². The van der Waals surface area contributed by atoms with Gasteiger partial charge < -0.3 is 35.6 Å². The molecule has 1 amide bonds. The highest BCUT2D eigenvalue weighted by atomic mass is 16.5. The molecule has 1 aliphatic rings. The molecule has 6 rings (SSSR count). The van der Waals surface area contributed by atoms with Crippen LogP contribution in [0, 0.1) is 0 Å². The summed E-state index contributed by atoms with van der Waals surface area (Å²) in [6.45, 7) is 5.40. The number of pyridine rings is 1. The van der Waals surface area contributed by atoms with E-state index in [4.69, 9.17) is 10.5 Å². The maximum absolute atomic E-state index is 13.1. The molecule has 5 aromatic rings. The number of benzene rings is 3. The Hall–Kier alpha value is -4.83. The van der Waals surface area contributed by atoms with Gasteiger partial charge >= 0.3 is 0 Å². The summed E-state index contributed by atoms with van der Waals surface area (Å²) in [5.74, 6) is 1.34. The van der Waals surface area contributed by atoms with E-state index in [1.165, 1.54) is 6.92 Å². The van der Waals surface area contributed by atoms with Crippen molar-refractivity contribution < 1.29 is 9.53 Å². The molecule has 0 bridgehead atoms. The van der Waals surface area contributed by atoms with E-state index < -0.39 is 0 Å². The van der Waals surface area contributed by atoms with Crippen molar-refractivity contribution in [1.29, 1.82) is 0 Å². The average molecular weight is 524 g/mol. The molecule has 0 radical (unpaired) electrons. The van der Waals surface area contributed by atoms with Crippen LogP contribution in [0.1, 0.15) is 6.92 Å². The predicted molar refractivity (Wildman–Crippen MR) is 155 cm³/mol. The Morgan fingerprint density at radius 3 is 2.56 bits per heavy atom. The number of anilines is 3. The molecule has 0 saturated carbocycles. The van der Waals surface area contributed by atoms with Gasteiger partial charge in [0, 0.05) is 55.9 Å². The standard InChI is InChI=1S/C29H29N7O3/c1-17(37)31-18-4-3-5-20(14-18)39-21-7-9-23-22(16-21)27(30)26(29(38)34-23)28-32-24-8-6-19(15-25(24)33-28)36-12-10-35(2)11-13-36/h3-9,14-16H,10-13H2,1-2H3,(H,31,37)(H,32,33)(H3,30,34,38). The number of nitrogens with zero attached hydrogens (tertiary/aromatic N) is 3. The molecule has 3 aromatic carbocycles. The van der Waals surface area contributed by atoms with Crippen LogP contribution in [0.2, 0.25) is 0 Å². The van der Waals surface area contributed by atoms with Gasteiger partial charge in [0.05, 0.1) is 22.2 Å². The number of aromatic amines is 2. The van der Waals surface area contributed by atoms with Gasteiger partial charge in [-0.05, 0) is 55.6 Å². The van der Waals surface area contributed by atoms with Gasteiger partial charge in [-0.15, -0.1) is 0 Å². The van der Waals surface area contributed by atoms with Gasteiger partial charge in [0.2, 0.25) is 5.91 Å². The van der Waals surface area contributed by atoms with Crippen molar-refractivity contribution in [2.45, 2.75) is 6.92 Å². The number of likely N-dealkylation sites (N-methyl/N-ethyl adjacent to an activating group) is 1. The van der Waals surface area contributed by atoms with Gasteiger partial charge in [-0.3, -0.25) is 9.59 Å². The first-order valence-corrected chi connectivity index (χ1v) is 12.8. The van der Waals surface area contributed by atoms with Crippen LogP contribution in [0.4, 0.5) is 17.1 Å². The first-order chi connectivity index (χ1) is 18.8. The number of carbonyl (C=O) groups excluding carboxylic acids is 1. The van der Waals surface area contributed by atoms with Crippen LogP contribution in [-0.2, 0) is 4.79 Å². The van der Waals surface area contributed by atoms with Gasteiger partial charge in [-0.1, -0.05) is 6.07 Å². The topological polar surface area (TPSA) is 132 Å². The van der Waals surface area contributed by atoms with Crippen LogP contribution < -0.4 is 26.2 Å². The molecule has 10 heteroatoms.